The van der Waals surface area contributed by atoms with E-state index in [1.54, 1.807) is 14.1 Å². The highest BCUT2D eigenvalue weighted by atomic mass is 127. The molecule has 0 bridgehead atoms. The van der Waals surface area contributed by atoms with Crippen LogP contribution < -0.4 is 5.32 Å². The summed E-state index contributed by atoms with van der Waals surface area (Å²) in [4.78, 5) is 28.1. The van der Waals surface area contributed by atoms with Crippen LogP contribution in [-0.4, -0.2) is 47.4 Å². The summed E-state index contributed by atoms with van der Waals surface area (Å²) in [5.74, 6) is -0.711. The molecule has 2 N–H and O–H groups in total. The van der Waals surface area contributed by atoms with Gasteiger partial charge < -0.3 is 15.3 Å². The van der Waals surface area contributed by atoms with Crippen molar-refractivity contribution in [2.75, 3.05) is 20.6 Å². The summed E-state index contributed by atoms with van der Waals surface area (Å²) in [7, 11) is 3.21. The number of aromatic hydroxyl groups is 1. The Labute approximate surface area is 112 Å². The zero-order valence-electron chi connectivity index (χ0n) is 9.40. The number of carbonyl (C=O) groups excluding carboxylic acids is 2. The van der Waals surface area contributed by atoms with Crippen LogP contribution in [0.2, 0.25) is 0 Å². The second-order valence-corrected chi connectivity index (χ2v) is 4.53. The van der Waals surface area contributed by atoms with E-state index in [4.69, 9.17) is 0 Å². The lowest BCUT2D eigenvalue weighted by atomic mass is 10.2. The summed E-state index contributed by atoms with van der Waals surface area (Å²) in [6, 6.07) is 1.31. The average molecular weight is 349 g/mol. The number of nitrogens with one attached hydrogen (secondary N) is 1. The van der Waals surface area contributed by atoms with Gasteiger partial charge >= 0.3 is 0 Å². The number of pyridine rings is 1. The predicted molar refractivity (Wildman–Crippen MR) is 69.6 cm³/mol. The molecule has 0 aromatic carbocycles. The molecule has 0 unspecified atom stereocenters. The Kier molecular flexibility index (Phi) is 4.67. The van der Waals surface area contributed by atoms with Crippen molar-refractivity contribution in [2.45, 2.75) is 0 Å². The number of rotatable bonds is 3. The minimum atomic E-state index is -0.445. The van der Waals surface area contributed by atoms with Crippen molar-refractivity contribution in [3.05, 3.63) is 21.5 Å². The number of hydrogen-bond acceptors (Lipinski definition) is 4. The summed E-state index contributed by atoms with van der Waals surface area (Å²) in [5.41, 5.74) is 0.217. The van der Waals surface area contributed by atoms with Crippen LogP contribution in [-0.2, 0) is 4.79 Å². The standard InChI is InChI=1S/C10H12IN3O3/c1-14(2)8(16)5-13-10(17)6-3-7(15)9(11)12-4-6/h3-4,15H,5H2,1-2H3,(H,13,17). The highest BCUT2D eigenvalue weighted by Crippen LogP contribution is 2.17. The molecule has 6 nitrogen and oxygen atoms in total. The van der Waals surface area contributed by atoms with Gasteiger partial charge in [-0.2, -0.15) is 0 Å². The van der Waals surface area contributed by atoms with E-state index in [2.05, 4.69) is 10.3 Å². The van der Waals surface area contributed by atoms with E-state index in [1.165, 1.54) is 17.2 Å². The van der Waals surface area contributed by atoms with Crippen LogP contribution in [0.5, 0.6) is 5.75 Å². The van der Waals surface area contributed by atoms with E-state index in [9.17, 15) is 14.7 Å². The number of halogens is 1. The molecule has 92 valence electrons. The fourth-order valence-electron chi connectivity index (χ4n) is 0.977. The fraction of sp³-hybridized carbons (Fsp3) is 0.300. The number of hydrogen-bond donors (Lipinski definition) is 2. The third kappa shape index (κ3) is 3.84. The van der Waals surface area contributed by atoms with Crippen LogP contribution in [0.25, 0.3) is 0 Å². The number of likely N-dealkylation sites (N-methyl/N-ethyl adjacent to an activating group) is 1. The summed E-state index contributed by atoms with van der Waals surface area (Å²) in [6.07, 6.45) is 1.34. The van der Waals surface area contributed by atoms with Gasteiger partial charge in [-0.05, 0) is 28.7 Å². The van der Waals surface area contributed by atoms with Gasteiger partial charge in [0.05, 0.1) is 12.1 Å². The maximum absolute atomic E-state index is 11.6. The van der Waals surface area contributed by atoms with Crippen molar-refractivity contribution in [3.63, 3.8) is 0 Å². The monoisotopic (exact) mass is 349 g/mol. The Morgan fingerprint density at radius 3 is 2.71 bits per heavy atom. The first-order valence-corrected chi connectivity index (χ1v) is 5.82. The second kappa shape index (κ2) is 5.80. The first-order valence-electron chi connectivity index (χ1n) is 4.74. The van der Waals surface area contributed by atoms with Crippen molar-refractivity contribution >= 4 is 34.4 Å². The van der Waals surface area contributed by atoms with Gasteiger partial charge in [-0.1, -0.05) is 0 Å². The van der Waals surface area contributed by atoms with Gasteiger partial charge in [-0.15, -0.1) is 0 Å². The van der Waals surface area contributed by atoms with Crippen LogP contribution in [0, 0.1) is 3.70 Å². The number of aromatic nitrogens is 1. The van der Waals surface area contributed by atoms with Crippen molar-refractivity contribution in [1.82, 2.24) is 15.2 Å². The molecule has 0 radical (unpaired) electrons. The molecular weight excluding hydrogens is 337 g/mol. The summed E-state index contributed by atoms with van der Waals surface area (Å²) in [5, 5.41) is 11.8. The van der Waals surface area contributed by atoms with E-state index in [0.29, 0.717) is 3.70 Å². The molecule has 1 aromatic rings. The Balaban J connectivity index is 2.64. The minimum Gasteiger partial charge on any atom is -0.505 e. The second-order valence-electron chi connectivity index (χ2n) is 3.50. The molecule has 0 aliphatic heterocycles. The molecule has 1 aromatic heterocycles. The Hall–Kier alpha value is -1.38. The third-order valence-corrected chi connectivity index (χ3v) is 2.81. The molecule has 0 spiro atoms. The molecule has 1 heterocycles. The van der Waals surface area contributed by atoms with Crippen LogP contribution in [0.15, 0.2) is 12.3 Å². The van der Waals surface area contributed by atoms with E-state index < -0.39 is 5.91 Å². The normalized spacial score (nSPS) is 9.82. The van der Waals surface area contributed by atoms with Crippen molar-refractivity contribution in [1.29, 1.82) is 0 Å². The number of amides is 2. The summed E-state index contributed by atoms with van der Waals surface area (Å²) < 4.78 is 0.420. The zero-order chi connectivity index (χ0) is 13.0. The third-order valence-electron chi connectivity index (χ3n) is 1.98. The largest absolute Gasteiger partial charge is 0.505 e. The van der Waals surface area contributed by atoms with E-state index >= 15 is 0 Å². The lowest BCUT2D eigenvalue weighted by Gasteiger charge is -2.10. The lowest BCUT2D eigenvalue weighted by molar-refractivity contribution is -0.127. The van der Waals surface area contributed by atoms with E-state index in [1.807, 2.05) is 22.6 Å². The molecule has 1 rings (SSSR count). The molecule has 0 aliphatic carbocycles. The van der Waals surface area contributed by atoms with Crippen LogP contribution >= 0.6 is 22.6 Å². The maximum atomic E-state index is 11.6. The summed E-state index contributed by atoms with van der Waals surface area (Å²) in [6.45, 7) is -0.0847. The molecule has 0 saturated carbocycles. The van der Waals surface area contributed by atoms with Crippen molar-refractivity contribution in [3.8, 4) is 5.75 Å². The van der Waals surface area contributed by atoms with Crippen molar-refractivity contribution in [2.24, 2.45) is 0 Å². The number of carbonyl (C=O) groups is 2. The number of nitrogens with zero attached hydrogens (tertiary/aromatic N) is 2. The molecular formula is C10H12IN3O3. The topological polar surface area (TPSA) is 82.5 Å². The minimum absolute atomic E-state index is 0.0582. The SMILES string of the molecule is CN(C)C(=O)CNC(=O)c1cnc(I)c(O)c1. The zero-order valence-corrected chi connectivity index (χ0v) is 11.6. The Morgan fingerprint density at radius 2 is 2.18 bits per heavy atom. The smallest absolute Gasteiger partial charge is 0.253 e. The van der Waals surface area contributed by atoms with Crippen LogP contribution in [0.3, 0.4) is 0 Å². The molecule has 0 atom stereocenters. The van der Waals surface area contributed by atoms with E-state index in [-0.39, 0.29) is 23.8 Å². The molecule has 2 amide bonds. The first-order chi connectivity index (χ1) is 7.91. The van der Waals surface area contributed by atoms with Gasteiger partial charge in [-0.25, -0.2) is 4.98 Å². The maximum Gasteiger partial charge on any atom is 0.253 e. The van der Waals surface area contributed by atoms with Gasteiger partial charge in [0, 0.05) is 20.3 Å². The quantitative estimate of drug-likeness (QED) is 0.604. The van der Waals surface area contributed by atoms with Crippen molar-refractivity contribution < 1.29 is 14.7 Å². The van der Waals surface area contributed by atoms with Crippen LogP contribution in [0.1, 0.15) is 10.4 Å². The van der Waals surface area contributed by atoms with Gasteiger partial charge in [0.1, 0.15) is 9.45 Å². The average Bonchev–Trinajstić information content (AvgIpc) is 2.28. The Bertz CT molecular complexity index is 448. The Morgan fingerprint density at radius 1 is 1.53 bits per heavy atom. The van der Waals surface area contributed by atoms with Gasteiger partial charge in [0.25, 0.3) is 5.91 Å². The molecule has 0 saturated heterocycles. The molecule has 17 heavy (non-hydrogen) atoms. The first kappa shape index (κ1) is 13.7. The van der Waals surface area contributed by atoms with Crippen LogP contribution in [0.4, 0.5) is 0 Å². The highest BCUT2D eigenvalue weighted by molar-refractivity contribution is 14.1. The van der Waals surface area contributed by atoms with E-state index in [0.717, 1.165) is 0 Å². The van der Waals surface area contributed by atoms with Gasteiger partial charge in [-0.3, -0.25) is 9.59 Å². The fourth-order valence-corrected chi connectivity index (χ4v) is 1.27. The predicted octanol–water partition coefficient (Wildman–Crippen LogP) is 0.210. The van der Waals surface area contributed by atoms with Gasteiger partial charge in [0.15, 0.2) is 0 Å². The summed E-state index contributed by atoms with van der Waals surface area (Å²) >= 11 is 1.85. The lowest BCUT2D eigenvalue weighted by Crippen LogP contribution is -2.36. The molecule has 0 fully saturated rings. The molecule has 0 aliphatic rings. The van der Waals surface area contributed by atoms with Gasteiger partial charge in [0.2, 0.25) is 5.91 Å². The molecule has 7 heteroatoms. The highest BCUT2D eigenvalue weighted by Gasteiger charge is 2.11.